The molecular weight excluding hydrogens is 414 g/mol. The third-order valence-corrected chi connectivity index (χ3v) is 6.21. The molecule has 0 unspecified atom stereocenters. The predicted octanol–water partition coefficient (Wildman–Crippen LogP) is 2.92. The van der Waals surface area contributed by atoms with Gasteiger partial charge in [0.1, 0.15) is 5.82 Å². The Morgan fingerprint density at radius 1 is 1.06 bits per heavy atom. The number of aromatic amines is 1. The fourth-order valence-electron chi connectivity index (χ4n) is 3.51. The van der Waals surface area contributed by atoms with Crippen LogP contribution in [0, 0.1) is 0 Å². The van der Waals surface area contributed by atoms with Crippen molar-refractivity contribution in [1.29, 1.82) is 0 Å². The summed E-state index contributed by atoms with van der Waals surface area (Å²) in [5.74, 6) is 1.17. The molecule has 0 aliphatic rings. The average molecular weight is 433 g/mol. The van der Waals surface area contributed by atoms with Gasteiger partial charge in [0.05, 0.1) is 28.2 Å². The predicted molar refractivity (Wildman–Crippen MR) is 118 cm³/mol. The Hall–Kier alpha value is -3.79. The topological polar surface area (TPSA) is 118 Å². The molecule has 3 heterocycles. The highest BCUT2D eigenvalue weighted by Gasteiger charge is 2.15. The van der Waals surface area contributed by atoms with E-state index >= 15 is 0 Å². The lowest BCUT2D eigenvalue weighted by Gasteiger charge is -2.10. The molecule has 5 rings (SSSR count). The van der Waals surface area contributed by atoms with Crippen molar-refractivity contribution >= 4 is 37.6 Å². The van der Waals surface area contributed by atoms with Crippen molar-refractivity contribution in [2.75, 3.05) is 11.6 Å². The number of anilines is 1. The molecule has 3 aromatic heterocycles. The van der Waals surface area contributed by atoms with Crippen LogP contribution in [0.4, 0.5) is 5.82 Å². The van der Waals surface area contributed by atoms with Gasteiger partial charge in [-0.25, -0.2) is 18.4 Å². The van der Waals surface area contributed by atoms with E-state index in [0.717, 1.165) is 27.4 Å². The summed E-state index contributed by atoms with van der Waals surface area (Å²) in [6.07, 6.45) is 4.67. The highest BCUT2D eigenvalue weighted by Crippen LogP contribution is 2.29. The van der Waals surface area contributed by atoms with E-state index in [9.17, 15) is 8.42 Å². The molecular formula is C21H19N7O2S. The summed E-state index contributed by atoms with van der Waals surface area (Å²) in [4.78, 5) is 9.78. The van der Waals surface area contributed by atoms with Gasteiger partial charge >= 0.3 is 0 Å². The maximum Gasteiger partial charge on any atom is 0.175 e. The molecule has 0 aliphatic heterocycles. The molecule has 0 saturated heterocycles. The van der Waals surface area contributed by atoms with Gasteiger partial charge in [-0.05, 0) is 23.8 Å². The Morgan fingerprint density at radius 2 is 1.90 bits per heavy atom. The van der Waals surface area contributed by atoms with E-state index in [1.54, 1.807) is 35.3 Å². The van der Waals surface area contributed by atoms with Crippen molar-refractivity contribution in [1.82, 2.24) is 29.9 Å². The zero-order chi connectivity index (χ0) is 21.6. The van der Waals surface area contributed by atoms with Crippen molar-refractivity contribution < 1.29 is 8.42 Å². The Kier molecular flexibility index (Phi) is 4.44. The Bertz CT molecular complexity index is 1540. The third kappa shape index (κ3) is 3.50. The van der Waals surface area contributed by atoms with Crippen molar-refractivity contribution in [3.8, 4) is 11.4 Å². The number of aryl methyl sites for hydroxylation is 1. The van der Waals surface area contributed by atoms with Crippen molar-refractivity contribution in [2.45, 2.75) is 11.4 Å². The van der Waals surface area contributed by atoms with E-state index in [1.165, 1.54) is 6.26 Å². The quantitative estimate of drug-likeness (QED) is 0.437. The lowest BCUT2D eigenvalue weighted by Crippen LogP contribution is -2.06. The Balaban J connectivity index is 1.57. The number of rotatable bonds is 5. The minimum atomic E-state index is -3.27. The zero-order valence-electron chi connectivity index (χ0n) is 16.9. The van der Waals surface area contributed by atoms with Gasteiger partial charge in [0.2, 0.25) is 0 Å². The number of hydrogen-bond acceptors (Lipinski definition) is 7. The monoisotopic (exact) mass is 433 g/mol. The summed E-state index contributed by atoms with van der Waals surface area (Å²) >= 11 is 0. The van der Waals surface area contributed by atoms with Gasteiger partial charge in [-0.15, -0.1) is 0 Å². The number of fused-ring (bicyclic) bond motifs is 2. The van der Waals surface area contributed by atoms with E-state index in [0.29, 0.717) is 23.8 Å². The molecule has 2 N–H and O–H groups in total. The Labute approximate surface area is 178 Å². The summed E-state index contributed by atoms with van der Waals surface area (Å²) in [6, 6.07) is 12.7. The van der Waals surface area contributed by atoms with Crippen LogP contribution < -0.4 is 5.32 Å². The summed E-state index contributed by atoms with van der Waals surface area (Å²) in [5.41, 5.74) is 3.28. The first-order chi connectivity index (χ1) is 14.9. The standard InChI is InChI=1S/C21H19N7O2S/c1-28-21-17(12-24-28)19(22-10-13-5-3-6-14(9-13)31(2,29)30)25-20(26-21)15-7-4-8-18-16(15)11-23-27-18/h3-9,11-12H,10H2,1-2H3,(H,23,27)(H,22,25,26). The first kappa shape index (κ1) is 19.2. The molecule has 0 amide bonds. The zero-order valence-corrected chi connectivity index (χ0v) is 17.7. The second kappa shape index (κ2) is 7.17. The molecule has 156 valence electrons. The van der Waals surface area contributed by atoms with E-state index in [4.69, 9.17) is 9.97 Å². The number of hydrogen-bond donors (Lipinski definition) is 2. The molecule has 0 radical (unpaired) electrons. The molecule has 5 aromatic rings. The van der Waals surface area contributed by atoms with Crippen LogP contribution in [0.2, 0.25) is 0 Å². The number of H-pyrrole nitrogens is 1. The van der Waals surface area contributed by atoms with Crippen molar-refractivity contribution in [2.24, 2.45) is 7.05 Å². The smallest absolute Gasteiger partial charge is 0.175 e. The summed E-state index contributed by atoms with van der Waals surface area (Å²) in [7, 11) is -1.44. The van der Waals surface area contributed by atoms with Gasteiger partial charge in [0.15, 0.2) is 21.3 Å². The molecule has 2 aromatic carbocycles. The molecule has 0 bridgehead atoms. The van der Waals surface area contributed by atoms with Crippen molar-refractivity contribution in [3.63, 3.8) is 0 Å². The van der Waals surface area contributed by atoms with Gasteiger partial charge in [0, 0.05) is 30.8 Å². The number of aromatic nitrogens is 6. The summed E-state index contributed by atoms with van der Waals surface area (Å²) in [6.45, 7) is 0.402. The molecule has 0 aliphatic carbocycles. The van der Waals surface area contributed by atoms with E-state index < -0.39 is 9.84 Å². The lowest BCUT2D eigenvalue weighted by atomic mass is 10.1. The first-order valence-corrected chi connectivity index (χ1v) is 11.4. The van der Waals surface area contributed by atoms with E-state index in [2.05, 4.69) is 20.6 Å². The van der Waals surface area contributed by atoms with E-state index in [-0.39, 0.29) is 4.90 Å². The molecule has 0 saturated carbocycles. The third-order valence-electron chi connectivity index (χ3n) is 5.10. The fourth-order valence-corrected chi connectivity index (χ4v) is 4.20. The normalized spacial score (nSPS) is 11.9. The van der Waals surface area contributed by atoms with Crippen LogP contribution >= 0.6 is 0 Å². The van der Waals surface area contributed by atoms with Gasteiger partial charge in [-0.2, -0.15) is 10.2 Å². The van der Waals surface area contributed by atoms with Gasteiger partial charge in [0.25, 0.3) is 0 Å². The minimum Gasteiger partial charge on any atom is -0.365 e. The van der Waals surface area contributed by atoms with Gasteiger partial charge in [-0.3, -0.25) is 9.78 Å². The SMILES string of the molecule is Cn1ncc2c(NCc3cccc(S(C)(=O)=O)c3)nc(-c3cccc4[nH]ncc34)nc21. The summed E-state index contributed by atoms with van der Waals surface area (Å²) in [5, 5.41) is 16.4. The first-order valence-electron chi connectivity index (χ1n) is 9.55. The molecule has 10 heteroatoms. The molecule has 0 fully saturated rings. The van der Waals surface area contributed by atoms with Crippen LogP contribution in [0.3, 0.4) is 0 Å². The van der Waals surface area contributed by atoms with Gasteiger partial charge < -0.3 is 5.32 Å². The number of nitrogens with zero attached hydrogens (tertiary/aromatic N) is 5. The number of sulfone groups is 1. The minimum absolute atomic E-state index is 0.285. The molecule has 0 spiro atoms. The van der Waals surface area contributed by atoms with Crippen LogP contribution in [0.1, 0.15) is 5.56 Å². The van der Waals surface area contributed by atoms with E-state index in [1.807, 2.05) is 31.3 Å². The van der Waals surface area contributed by atoms with Crippen LogP contribution in [-0.2, 0) is 23.4 Å². The highest BCUT2D eigenvalue weighted by molar-refractivity contribution is 7.90. The second-order valence-corrected chi connectivity index (χ2v) is 9.33. The molecule has 0 atom stereocenters. The number of nitrogens with one attached hydrogen (secondary N) is 2. The fraction of sp³-hybridized carbons (Fsp3) is 0.143. The van der Waals surface area contributed by atoms with Gasteiger partial charge in [-0.1, -0.05) is 24.3 Å². The maximum atomic E-state index is 11.9. The maximum absolute atomic E-state index is 11.9. The van der Waals surface area contributed by atoms with Crippen LogP contribution in [-0.4, -0.2) is 44.6 Å². The second-order valence-electron chi connectivity index (χ2n) is 7.31. The largest absolute Gasteiger partial charge is 0.365 e. The highest BCUT2D eigenvalue weighted by atomic mass is 32.2. The van der Waals surface area contributed by atoms with Crippen LogP contribution in [0.5, 0.6) is 0 Å². The average Bonchev–Trinajstić information content (AvgIpc) is 3.38. The van der Waals surface area contributed by atoms with Crippen molar-refractivity contribution in [3.05, 3.63) is 60.4 Å². The lowest BCUT2D eigenvalue weighted by molar-refractivity contribution is 0.601. The number of benzene rings is 2. The van der Waals surface area contributed by atoms with Crippen LogP contribution in [0.15, 0.2) is 59.8 Å². The summed E-state index contributed by atoms with van der Waals surface area (Å²) < 4.78 is 25.4. The molecule has 31 heavy (non-hydrogen) atoms. The van der Waals surface area contributed by atoms with Crippen LogP contribution in [0.25, 0.3) is 33.3 Å². The molecule has 9 nitrogen and oxygen atoms in total. The Morgan fingerprint density at radius 3 is 2.74 bits per heavy atom.